The molecule has 1 heterocycles. The van der Waals surface area contributed by atoms with Gasteiger partial charge in [0.15, 0.2) is 0 Å². The molecule has 0 bridgehead atoms. The van der Waals surface area contributed by atoms with E-state index in [-0.39, 0.29) is 6.17 Å². The number of nitrogens with two attached hydrogens (primary N) is 1. The Balaban J connectivity index is 2.56. The standard InChI is InChI=1S/C5H11N2P/c1-4-2-3-7(8)5(4)6/h5H,1-3,6,8H2. The van der Waals surface area contributed by atoms with Gasteiger partial charge < -0.3 is 5.73 Å². The van der Waals surface area contributed by atoms with Gasteiger partial charge in [0.1, 0.15) is 0 Å². The van der Waals surface area contributed by atoms with Gasteiger partial charge in [-0.25, -0.2) is 0 Å². The molecule has 1 saturated heterocycles. The minimum atomic E-state index is 0.0833. The number of nitrogens with zero attached hydrogens (tertiary/aromatic N) is 1. The maximum absolute atomic E-state index is 5.63. The Labute approximate surface area is 52.0 Å². The molecular weight excluding hydrogens is 119 g/mol. The summed E-state index contributed by atoms with van der Waals surface area (Å²) in [4.78, 5) is 0. The van der Waals surface area contributed by atoms with Gasteiger partial charge in [-0.05, 0) is 12.0 Å². The van der Waals surface area contributed by atoms with Crippen molar-refractivity contribution in [2.75, 3.05) is 6.54 Å². The second-order valence-electron chi connectivity index (χ2n) is 2.09. The van der Waals surface area contributed by atoms with Gasteiger partial charge in [-0.1, -0.05) is 16.0 Å². The fourth-order valence-electron chi connectivity index (χ4n) is 0.794. The molecular formula is C5H11N2P. The maximum atomic E-state index is 5.63. The van der Waals surface area contributed by atoms with E-state index >= 15 is 0 Å². The van der Waals surface area contributed by atoms with Crippen LogP contribution in [0.2, 0.25) is 0 Å². The van der Waals surface area contributed by atoms with Crippen LogP contribution in [0.4, 0.5) is 0 Å². The van der Waals surface area contributed by atoms with Crippen LogP contribution >= 0.6 is 9.39 Å². The van der Waals surface area contributed by atoms with E-state index in [9.17, 15) is 0 Å². The van der Waals surface area contributed by atoms with Crippen molar-refractivity contribution in [3.8, 4) is 0 Å². The van der Waals surface area contributed by atoms with Crippen LogP contribution in [0.3, 0.4) is 0 Å². The zero-order valence-electron chi connectivity index (χ0n) is 4.80. The van der Waals surface area contributed by atoms with Crippen molar-refractivity contribution in [3.63, 3.8) is 0 Å². The van der Waals surface area contributed by atoms with Crippen LogP contribution in [0.1, 0.15) is 6.42 Å². The van der Waals surface area contributed by atoms with E-state index in [0.717, 1.165) is 18.5 Å². The molecule has 3 heteroatoms. The third-order valence-electron chi connectivity index (χ3n) is 1.47. The summed E-state index contributed by atoms with van der Waals surface area (Å²) in [6.07, 6.45) is 1.13. The molecule has 0 aliphatic carbocycles. The molecule has 0 aromatic carbocycles. The lowest BCUT2D eigenvalue weighted by Crippen LogP contribution is -2.29. The first-order valence-corrected chi connectivity index (χ1v) is 3.18. The lowest BCUT2D eigenvalue weighted by molar-refractivity contribution is 0.476. The number of hydrogen-bond acceptors (Lipinski definition) is 2. The highest BCUT2D eigenvalue weighted by molar-refractivity contribution is 7.13. The first-order chi connectivity index (χ1) is 3.72. The van der Waals surface area contributed by atoms with E-state index in [4.69, 9.17) is 5.73 Å². The molecule has 1 aliphatic rings. The van der Waals surface area contributed by atoms with Gasteiger partial charge in [-0.2, -0.15) is 0 Å². The Morgan fingerprint density at radius 3 is 2.62 bits per heavy atom. The van der Waals surface area contributed by atoms with Gasteiger partial charge in [0.05, 0.1) is 6.17 Å². The normalized spacial score (nSPS) is 31.8. The minimum absolute atomic E-state index is 0.0833. The second kappa shape index (κ2) is 2.14. The SMILES string of the molecule is C=C1CCN(P)C1N. The summed E-state index contributed by atoms with van der Waals surface area (Å²) < 4.78 is 2.02. The van der Waals surface area contributed by atoms with Gasteiger partial charge in [-0.15, -0.1) is 0 Å². The van der Waals surface area contributed by atoms with Crippen molar-refractivity contribution in [1.82, 2.24) is 4.67 Å². The Hall–Kier alpha value is 0.0900. The van der Waals surface area contributed by atoms with Crippen molar-refractivity contribution >= 4 is 9.39 Å². The lowest BCUT2D eigenvalue weighted by atomic mass is 10.2. The summed E-state index contributed by atoms with van der Waals surface area (Å²) >= 11 is 0. The topological polar surface area (TPSA) is 29.3 Å². The summed E-state index contributed by atoms with van der Waals surface area (Å²) in [7, 11) is 2.58. The highest BCUT2D eigenvalue weighted by atomic mass is 31.0. The van der Waals surface area contributed by atoms with Crippen LogP contribution in [0, 0.1) is 0 Å². The van der Waals surface area contributed by atoms with Crippen molar-refractivity contribution in [2.24, 2.45) is 5.73 Å². The van der Waals surface area contributed by atoms with Crippen molar-refractivity contribution in [3.05, 3.63) is 12.2 Å². The molecule has 0 radical (unpaired) electrons. The fourth-order valence-corrected chi connectivity index (χ4v) is 1.13. The molecule has 0 aromatic rings. The summed E-state index contributed by atoms with van der Waals surface area (Å²) in [6, 6.07) is 0. The average molecular weight is 130 g/mol. The van der Waals surface area contributed by atoms with Crippen molar-refractivity contribution in [2.45, 2.75) is 12.6 Å². The molecule has 0 amide bonds. The highest BCUT2D eigenvalue weighted by Crippen LogP contribution is 2.20. The van der Waals surface area contributed by atoms with Crippen LogP contribution < -0.4 is 5.73 Å². The zero-order chi connectivity index (χ0) is 6.15. The molecule has 2 N–H and O–H groups in total. The molecule has 46 valence electrons. The maximum Gasteiger partial charge on any atom is 0.0821 e. The summed E-state index contributed by atoms with van der Waals surface area (Å²) in [5.41, 5.74) is 6.77. The van der Waals surface area contributed by atoms with Crippen molar-refractivity contribution < 1.29 is 0 Å². The summed E-state index contributed by atoms with van der Waals surface area (Å²) in [5, 5.41) is 0. The minimum Gasteiger partial charge on any atom is -0.312 e. The van der Waals surface area contributed by atoms with Crippen molar-refractivity contribution in [1.29, 1.82) is 0 Å². The second-order valence-corrected chi connectivity index (χ2v) is 2.75. The van der Waals surface area contributed by atoms with E-state index in [0.29, 0.717) is 0 Å². The fraction of sp³-hybridized carbons (Fsp3) is 0.600. The first-order valence-electron chi connectivity index (χ1n) is 2.66. The number of rotatable bonds is 0. The molecule has 1 aliphatic heterocycles. The quantitative estimate of drug-likeness (QED) is 0.378. The molecule has 2 nitrogen and oxygen atoms in total. The van der Waals surface area contributed by atoms with Gasteiger partial charge in [0.2, 0.25) is 0 Å². The van der Waals surface area contributed by atoms with Gasteiger partial charge in [0, 0.05) is 6.54 Å². The van der Waals surface area contributed by atoms with Crippen LogP contribution in [-0.4, -0.2) is 17.4 Å². The molecule has 0 spiro atoms. The highest BCUT2D eigenvalue weighted by Gasteiger charge is 2.19. The third kappa shape index (κ3) is 0.921. The van der Waals surface area contributed by atoms with Gasteiger partial charge >= 0.3 is 0 Å². The first kappa shape index (κ1) is 6.21. The molecule has 0 saturated carbocycles. The molecule has 2 atom stereocenters. The molecule has 2 unspecified atom stereocenters. The smallest absolute Gasteiger partial charge is 0.0821 e. The van der Waals surface area contributed by atoms with Gasteiger partial charge in [-0.3, -0.25) is 4.67 Å². The Morgan fingerprint density at radius 2 is 2.50 bits per heavy atom. The predicted molar refractivity (Wildman–Crippen MR) is 38.1 cm³/mol. The Bertz CT molecular complexity index is 113. The van der Waals surface area contributed by atoms with E-state index < -0.39 is 0 Å². The van der Waals surface area contributed by atoms with Gasteiger partial charge in [0.25, 0.3) is 0 Å². The lowest BCUT2D eigenvalue weighted by Gasteiger charge is -2.12. The van der Waals surface area contributed by atoms with Crippen LogP contribution in [0.5, 0.6) is 0 Å². The van der Waals surface area contributed by atoms with Crippen LogP contribution in [0.15, 0.2) is 12.2 Å². The summed E-state index contributed by atoms with van der Waals surface area (Å²) in [5.74, 6) is 0. The molecule has 8 heavy (non-hydrogen) atoms. The van der Waals surface area contributed by atoms with E-state index in [1.54, 1.807) is 0 Å². The monoisotopic (exact) mass is 130 g/mol. The zero-order valence-corrected chi connectivity index (χ0v) is 5.96. The van der Waals surface area contributed by atoms with E-state index in [2.05, 4.69) is 16.0 Å². The van der Waals surface area contributed by atoms with Crippen LogP contribution in [-0.2, 0) is 0 Å². The van der Waals surface area contributed by atoms with E-state index in [1.807, 2.05) is 4.67 Å². The Kier molecular flexibility index (Phi) is 1.66. The Morgan fingerprint density at radius 1 is 1.88 bits per heavy atom. The number of hydrogen-bond donors (Lipinski definition) is 1. The third-order valence-corrected chi connectivity index (χ3v) is 2.05. The van der Waals surface area contributed by atoms with Crippen LogP contribution in [0.25, 0.3) is 0 Å². The molecule has 1 rings (SSSR count). The molecule has 1 fully saturated rings. The molecule has 0 aromatic heterocycles. The average Bonchev–Trinajstić information content (AvgIpc) is 1.98. The largest absolute Gasteiger partial charge is 0.312 e. The van der Waals surface area contributed by atoms with E-state index in [1.165, 1.54) is 0 Å². The summed E-state index contributed by atoms with van der Waals surface area (Å²) in [6.45, 7) is 4.84. The predicted octanol–water partition coefficient (Wildman–Crippen LogP) is 0.323.